The lowest BCUT2D eigenvalue weighted by molar-refractivity contribution is -0.113. The van der Waals surface area contributed by atoms with Crippen LogP contribution in [0.25, 0.3) is 0 Å². The summed E-state index contributed by atoms with van der Waals surface area (Å²) in [7, 11) is 1.56. The Labute approximate surface area is 156 Å². The smallest absolute Gasteiger partial charge is 0.234 e. The van der Waals surface area contributed by atoms with Crippen molar-refractivity contribution in [1.29, 1.82) is 0 Å². The number of carbonyl (C=O) groups is 1. The van der Waals surface area contributed by atoms with E-state index in [1.54, 1.807) is 25.3 Å². The van der Waals surface area contributed by atoms with Gasteiger partial charge in [0.15, 0.2) is 5.16 Å². The van der Waals surface area contributed by atoms with Crippen LogP contribution in [0, 0.1) is 0 Å². The van der Waals surface area contributed by atoms with Crippen LogP contribution in [0.15, 0.2) is 23.4 Å². The van der Waals surface area contributed by atoms with E-state index in [2.05, 4.69) is 27.0 Å². The topological polar surface area (TPSA) is 69.0 Å². The number of hydrogen-bond acceptors (Lipinski definition) is 5. The molecule has 134 valence electrons. The minimum absolute atomic E-state index is 0.135. The van der Waals surface area contributed by atoms with E-state index >= 15 is 0 Å². The molecule has 1 aliphatic carbocycles. The van der Waals surface area contributed by atoms with Crippen LogP contribution < -0.4 is 10.1 Å². The van der Waals surface area contributed by atoms with E-state index in [-0.39, 0.29) is 11.7 Å². The van der Waals surface area contributed by atoms with Gasteiger partial charge < -0.3 is 14.6 Å². The van der Waals surface area contributed by atoms with E-state index in [9.17, 15) is 4.79 Å². The van der Waals surface area contributed by atoms with Gasteiger partial charge in [-0.1, -0.05) is 30.3 Å². The van der Waals surface area contributed by atoms with Crippen LogP contribution in [-0.2, 0) is 11.3 Å². The predicted molar refractivity (Wildman–Crippen MR) is 99.6 cm³/mol. The van der Waals surface area contributed by atoms with Gasteiger partial charge in [0.2, 0.25) is 5.91 Å². The number of hydrogen-bond donors (Lipinski definition) is 1. The Morgan fingerprint density at radius 2 is 2.24 bits per heavy atom. The van der Waals surface area contributed by atoms with Gasteiger partial charge in [-0.15, -0.1) is 10.2 Å². The molecule has 1 heterocycles. The van der Waals surface area contributed by atoms with Gasteiger partial charge in [0.1, 0.15) is 11.6 Å². The van der Waals surface area contributed by atoms with Crippen molar-refractivity contribution in [2.24, 2.45) is 0 Å². The molecule has 1 aromatic carbocycles. The number of ether oxygens (including phenoxy) is 1. The van der Waals surface area contributed by atoms with Gasteiger partial charge in [-0.25, -0.2) is 0 Å². The first-order valence-corrected chi connectivity index (χ1v) is 9.68. The monoisotopic (exact) mass is 380 g/mol. The molecule has 3 rings (SSSR count). The molecule has 1 aromatic heterocycles. The van der Waals surface area contributed by atoms with E-state index in [4.69, 9.17) is 16.3 Å². The van der Waals surface area contributed by atoms with E-state index in [0.29, 0.717) is 22.4 Å². The summed E-state index contributed by atoms with van der Waals surface area (Å²) in [6.45, 7) is 3.01. The maximum absolute atomic E-state index is 12.3. The molecule has 2 aromatic rings. The Bertz CT molecular complexity index is 761. The fraction of sp³-hybridized carbons (Fsp3) is 0.471. The van der Waals surface area contributed by atoms with Crippen molar-refractivity contribution >= 4 is 35.0 Å². The zero-order chi connectivity index (χ0) is 17.8. The molecule has 0 spiro atoms. The number of nitrogens with zero attached hydrogens (tertiary/aromatic N) is 3. The summed E-state index contributed by atoms with van der Waals surface area (Å²) in [6.07, 6.45) is 3.38. The Hall–Kier alpha value is -1.73. The fourth-order valence-electron chi connectivity index (χ4n) is 2.58. The van der Waals surface area contributed by atoms with Crippen LogP contribution in [-0.4, -0.2) is 33.5 Å². The number of thioether (sulfide) groups is 1. The number of amides is 1. The Morgan fingerprint density at radius 1 is 1.44 bits per heavy atom. The molecule has 0 radical (unpaired) electrons. The van der Waals surface area contributed by atoms with Gasteiger partial charge in [-0.3, -0.25) is 4.79 Å². The summed E-state index contributed by atoms with van der Waals surface area (Å²) < 4.78 is 7.39. The van der Waals surface area contributed by atoms with Crippen LogP contribution in [0.1, 0.15) is 37.9 Å². The number of benzene rings is 1. The molecule has 25 heavy (non-hydrogen) atoms. The van der Waals surface area contributed by atoms with Crippen LogP contribution in [0.4, 0.5) is 5.69 Å². The minimum atomic E-state index is -0.135. The molecule has 1 amide bonds. The average molecular weight is 381 g/mol. The lowest BCUT2D eigenvalue weighted by Gasteiger charge is -2.11. The average Bonchev–Trinajstić information content (AvgIpc) is 3.36. The number of halogens is 1. The molecule has 1 fully saturated rings. The molecule has 1 N–H and O–H groups in total. The van der Waals surface area contributed by atoms with Crippen LogP contribution in [0.2, 0.25) is 5.02 Å². The zero-order valence-corrected chi connectivity index (χ0v) is 15.9. The summed E-state index contributed by atoms with van der Waals surface area (Å²) in [6, 6.07) is 5.12. The normalized spacial score (nSPS) is 13.7. The lowest BCUT2D eigenvalue weighted by Crippen LogP contribution is -2.15. The number of anilines is 1. The van der Waals surface area contributed by atoms with Gasteiger partial charge in [-0.2, -0.15) is 0 Å². The third-order valence-corrected chi connectivity index (χ3v) is 5.10. The molecule has 8 heteroatoms. The number of aromatic nitrogens is 3. The molecular weight excluding hydrogens is 360 g/mol. The first-order valence-electron chi connectivity index (χ1n) is 8.31. The maximum Gasteiger partial charge on any atom is 0.234 e. The third kappa shape index (κ3) is 4.46. The quantitative estimate of drug-likeness (QED) is 0.702. The Kier molecular flexibility index (Phi) is 5.86. The summed E-state index contributed by atoms with van der Waals surface area (Å²) in [4.78, 5) is 12.3. The van der Waals surface area contributed by atoms with Crippen molar-refractivity contribution < 1.29 is 9.53 Å². The van der Waals surface area contributed by atoms with Crippen molar-refractivity contribution in [2.75, 3.05) is 18.2 Å². The second-order valence-electron chi connectivity index (χ2n) is 5.95. The number of methoxy groups -OCH3 is 1. The fourth-order valence-corrected chi connectivity index (χ4v) is 3.52. The Morgan fingerprint density at radius 3 is 2.92 bits per heavy atom. The number of rotatable bonds is 8. The molecule has 0 unspecified atom stereocenters. The highest BCUT2D eigenvalue weighted by molar-refractivity contribution is 7.99. The molecule has 0 saturated heterocycles. The standard InChI is InChI=1S/C17H21ClN4O2S/c1-3-8-22-16(11-4-5-11)20-21-17(22)25-10-15(23)19-13-9-12(18)6-7-14(13)24-2/h6-7,9,11H,3-5,8,10H2,1-2H3,(H,19,23). The summed E-state index contributed by atoms with van der Waals surface area (Å²) in [5.41, 5.74) is 0.564. The predicted octanol–water partition coefficient (Wildman–Crippen LogP) is 3.96. The van der Waals surface area contributed by atoms with Crippen molar-refractivity contribution in [3.63, 3.8) is 0 Å². The molecule has 0 aliphatic heterocycles. The molecule has 0 bridgehead atoms. The van der Waals surface area contributed by atoms with Crippen LogP contribution >= 0.6 is 23.4 Å². The molecule has 0 atom stereocenters. The van der Waals surface area contributed by atoms with Crippen molar-refractivity contribution in [3.05, 3.63) is 29.0 Å². The van der Waals surface area contributed by atoms with Crippen molar-refractivity contribution in [3.8, 4) is 5.75 Å². The van der Waals surface area contributed by atoms with Crippen molar-refractivity contribution in [1.82, 2.24) is 14.8 Å². The highest BCUT2D eigenvalue weighted by Gasteiger charge is 2.30. The third-order valence-electron chi connectivity index (χ3n) is 3.90. The molecule has 1 saturated carbocycles. The highest BCUT2D eigenvalue weighted by Crippen LogP contribution is 2.40. The first-order chi connectivity index (χ1) is 12.1. The van der Waals surface area contributed by atoms with Crippen LogP contribution in [0.3, 0.4) is 0 Å². The van der Waals surface area contributed by atoms with E-state index < -0.39 is 0 Å². The van der Waals surface area contributed by atoms with Gasteiger partial charge in [0.25, 0.3) is 0 Å². The number of carbonyl (C=O) groups excluding carboxylic acids is 1. The van der Waals surface area contributed by atoms with Gasteiger partial charge in [0, 0.05) is 17.5 Å². The van der Waals surface area contributed by atoms with E-state index in [1.807, 2.05) is 0 Å². The van der Waals surface area contributed by atoms with Crippen LogP contribution in [0.5, 0.6) is 5.75 Å². The molecule has 6 nitrogen and oxygen atoms in total. The van der Waals surface area contributed by atoms with E-state index in [1.165, 1.54) is 24.6 Å². The lowest BCUT2D eigenvalue weighted by atomic mass is 10.3. The Balaban J connectivity index is 1.64. The second-order valence-corrected chi connectivity index (χ2v) is 7.33. The SMILES string of the molecule is CCCn1c(SCC(=O)Nc2cc(Cl)ccc2OC)nnc1C1CC1. The largest absolute Gasteiger partial charge is 0.495 e. The maximum atomic E-state index is 12.3. The van der Waals surface area contributed by atoms with Gasteiger partial charge in [0.05, 0.1) is 18.6 Å². The summed E-state index contributed by atoms with van der Waals surface area (Å²) in [5, 5.41) is 12.8. The first kappa shape index (κ1) is 18.1. The number of nitrogens with one attached hydrogen (secondary N) is 1. The second kappa shape index (κ2) is 8.10. The highest BCUT2D eigenvalue weighted by atomic mass is 35.5. The minimum Gasteiger partial charge on any atom is -0.495 e. The van der Waals surface area contributed by atoms with Gasteiger partial charge in [-0.05, 0) is 37.5 Å². The summed E-state index contributed by atoms with van der Waals surface area (Å²) >= 11 is 7.39. The molecular formula is C17H21ClN4O2S. The van der Waals surface area contributed by atoms with E-state index in [0.717, 1.165) is 23.9 Å². The molecule has 1 aliphatic rings. The zero-order valence-electron chi connectivity index (χ0n) is 14.3. The summed E-state index contributed by atoms with van der Waals surface area (Å²) in [5.74, 6) is 2.29. The van der Waals surface area contributed by atoms with Crippen molar-refractivity contribution in [2.45, 2.75) is 43.8 Å². The van der Waals surface area contributed by atoms with Gasteiger partial charge >= 0.3 is 0 Å².